The fraction of sp³-hybridized carbons (Fsp3) is 0.500. The third-order valence-electron chi connectivity index (χ3n) is 2.83. The van der Waals surface area contributed by atoms with Gasteiger partial charge in [-0.05, 0) is 26.0 Å². The number of benzene rings is 1. The average Bonchev–Trinajstić information content (AvgIpc) is 2.35. The number of carbonyl (C=O) groups is 1. The Labute approximate surface area is 119 Å². The van der Waals surface area contributed by atoms with E-state index in [0.717, 1.165) is 0 Å². The van der Waals surface area contributed by atoms with Gasteiger partial charge in [0, 0.05) is 24.3 Å². The van der Waals surface area contributed by atoms with E-state index in [1.54, 1.807) is 29.2 Å². The van der Waals surface area contributed by atoms with E-state index in [1.807, 2.05) is 13.8 Å². The lowest BCUT2D eigenvalue weighted by molar-refractivity contribution is -0.120. The van der Waals surface area contributed by atoms with Crippen LogP contribution in [0, 0.1) is 0 Å². The summed E-state index contributed by atoms with van der Waals surface area (Å²) in [6, 6.07) is 7.12. The standard InChI is InChI=1S/C14H23N3O3/c1-10(2)17(8-14(16)19)7-12(18)9-20-13-5-3-4-11(15)6-13/h3-6,10,12,18H,7-9,15H2,1-2H3,(H2,16,19). The Kier molecular flexibility index (Phi) is 6.27. The average molecular weight is 281 g/mol. The first-order valence-corrected chi connectivity index (χ1v) is 6.57. The number of aliphatic hydroxyl groups is 1. The molecule has 1 unspecified atom stereocenters. The normalized spacial score (nSPS) is 12.7. The van der Waals surface area contributed by atoms with Crippen molar-refractivity contribution >= 4 is 11.6 Å². The number of anilines is 1. The van der Waals surface area contributed by atoms with E-state index >= 15 is 0 Å². The van der Waals surface area contributed by atoms with Crippen LogP contribution in [0.15, 0.2) is 24.3 Å². The van der Waals surface area contributed by atoms with Gasteiger partial charge in [-0.3, -0.25) is 9.69 Å². The third kappa shape index (κ3) is 5.90. The number of nitrogens with zero attached hydrogens (tertiary/aromatic N) is 1. The number of amides is 1. The molecule has 20 heavy (non-hydrogen) atoms. The predicted molar refractivity (Wildman–Crippen MR) is 78.3 cm³/mol. The maximum atomic E-state index is 11.0. The van der Waals surface area contributed by atoms with Gasteiger partial charge in [0.1, 0.15) is 18.5 Å². The molecule has 1 amide bonds. The molecule has 0 saturated heterocycles. The minimum absolute atomic E-state index is 0.115. The van der Waals surface area contributed by atoms with E-state index in [0.29, 0.717) is 18.0 Å². The Balaban J connectivity index is 2.45. The molecule has 0 radical (unpaired) electrons. The predicted octanol–water partition coefficient (Wildman–Crippen LogP) is 0.204. The third-order valence-corrected chi connectivity index (χ3v) is 2.83. The summed E-state index contributed by atoms with van der Waals surface area (Å²) in [7, 11) is 0. The Hall–Kier alpha value is -1.79. The lowest BCUT2D eigenvalue weighted by atomic mass is 10.2. The molecule has 1 rings (SSSR count). The maximum absolute atomic E-state index is 11.0. The van der Waals surface area contributed by atoms with E-state index in [2.05, 4.69) is 0 Å². The first-order valence-electron chi connectivity index (χ1n) is 6.57. The van der Waals surface area contributed by atoms with Gasteiger partial charge in [0.15, 0.2) is 0 Å². The van der Waals surface area contributed by atoms with Gasteiger partial charge in [-0.25, -0.2) is 0 Å². The first kappa shape index (κ1) is 16.3. The Morgan fingerprint density at radius 1 is 1.45 bits per heavy atom. The topological polar surface area (TPSA) is 102 Å². The number of primary amides is 1. The Morgan fingerprint density at radius 3 is 2.70 bits per heavy atom. The van der Waals surface area contributed by atoms with E-state index in [4.69, 9.17) is 16.2 Å². The molecule has 112 valence electrons. The van der Waals surface area contributed by atoms with Gasteiger partial charge >= 0.3 is 0 Å². The summed E-state index contributed by atoms with van der Waals surface area (Å²) in [5.41, 5.74) is 11.4. The first-order chi connectivity index (χ1) is 9.38. The van der Waals surface area contributed by atoms with Crippen molar-refractivity contribution in [3.05, 3.63) is 24.3 Å². The van der Waals surface area contributed by atoms with Crippen LogP contribution in [0.5, 0.6) is 5.75 Å². The molecule has 1 aromatic carbocycles. The quantitative estimate of drug-likeness (QED) is 0.591. The Bertz CT molecular complexity index is 437. The number of carbonyl (C=O) groups excluding carboxylic acids is 1. The molecule has 1 aromatic rings. The van der Waals surface area contributed by atoms with Crippen LogP contribution in [0.4, 0.5) is 5.69 Å². The van der Waals surface area contributed by atoms with Gasteiger partial charge in [-0.15, -0.1) is 0 Å². The van der Waals surface area contributed by atoms with Crippen molar-refractivity contribution in [1.29, 1.82) is 0 Å². The van der Waals surface area contributed by atoms with Crippen LogP contribution in [0.1, 0.15) is 13.8 Å². The molecular weight excluding hydrogens is 258 g/mol. The van der Waals surface area contributed by atoms with Crippen molar-refractivity contribution in [1.82, 2.24) is 4.90 Å². The maximum Gasteiger partial charge on any atom is 0.231 e. The van der Waals surface area contributed by atoms with Crippen LogP contribution in [0.3, 0.4) is 0 Å². The van der Waals surface area contributed by atoms with Gasteiger partial charge in [-0.1, -0.05) is 6.07 Å². The summed E-state index contributed by atoms with van der Waals surface area (Å²) < 4.78 is 5.46. The Morgan fingerprint density at radius 2 is 2.15 bits per heavy atom. The minimum atomic E-state index is -0.710. The second kappa shape index (κ2) is 7.72. The number of rotatable bonds is 8. The van der Waals surface area contributed by atoms with Crippen LogP contribution < -0.4 is 16.2 Å². The van der Waals surface area contributed by atoms with Crippen molar-refractivity contribution in [3.63, 3.8) is 0 Å². The van der Waals surface area contributed by atoms with Gasteiger partial charge in [-0.2, -0.15) is 0 Å². The lowest BCUT2D eigenvalue weighted by Crippen LogP contribution is -2.44. The number of hydrogen-bond acceptors (Lipinski definition) is 5. The van der Waals surface area contributed by atoms with Crippen molar-refractivity contribution in [2.75, 3.05) is 25.4 Å². The summed E-state index contributed by atoms with van der Waals surface area (Å²) in [5, 5.41) is 9.96. The van der Waals surface area contributed by atoms with Crippen molar-refractivity contribution in [2.45, 2.75) is 26.0 Å². The molecule has 0 spiro atoms. The second-order valence-corrected chi connectivity index (χ2v) is 5.03. The number of nitrogen functional groups attached to an aromatic ring is 1. The monoisotopic (exact) mass is 281 g/mol. The highest BCUT2D eigenvalue weighted by molar-refractivity contribution is 5.75. The molecule has 6 heteroatoms. The summed E-state index contributed by atoms with van der Waals surface area (Å²) in [5.74, 6) is 0.192. The molecule has 0 aromatic heterocycles. The summed E-state index contributed by atoms with van der Waals surface area (Å²) in [6.07, 6.45) is -0.710. The van der Waals surface area contributed by atoms with Crippen LogP contribution in [-0.4, -0.2) is 47.8 Å². The number of ether oxygens (including phenoxy) is 1. The zero-order valence-electron chi connectivity index (χ0n) is 12.0. The van der Waals surface area contributed by atoms with E-state index in [-0.39, 0.29) is 19.2 Å². The highest BCUT2D eigenvalue weighted by Gasteiger charge is 2.17. The number of nitrogens with two attached hydrogens (primary N) is 2. The fourth-order valence-corrected chi connectivity index (χ4v) is 1.78. The zero-order chi connectivity index (χ0) is 15.1. The molecular formula is C14H23N3O3. The van der Waals surface area contributed by atoms with Gasteiger partial charge in [0.2, 0.25) is 5.91 Å². The second-order valence-electron chi connectivity index (χ2n) is 5.03. The minimum Gasteiger partial charge on any atom is -0.491 e. The fourth-order valence-electron chi connectivity index (χ4n) is 1.78. The zero-order valence-corrected chi connectivity index (χ0v) is 12.0. The van der Waals surface area contributed by atoms with Crippen LogP contribution >= 0.6 is 0 Å². The van der Waals surface area contributed by atoms with Crippen LogP contribution in [0.25, 0.3) is 0 Å². The highest BCUT2D eigenvalue weighted by atomic mass is 16.5. The molecule has 0 fully saturated rings. The molecule has 0 saturated carbocycles. The van der Waals surface area contributed by atoms with Gasteiger partial charge in [0.05, 0.1) is 6.54 Å². The molecule has 1 atom stereocenters. The summed E-state index contributed by atoms with van der Waals surface area (Å²) >= 11 is 0. The van der Waals surface area contributed by atoms with E-state index < -0.39 is 12.0 Å². The van der Waals surface area contributed by atoms with Gasteiger partial charge < -0.3 is 21.3 Å². The lowest BCUT2D eigenvalue weighted by Gasteiger charge is -2.27. The molecule has 0 aliphatic carbocycles. The summed E-state index contributed by atoms with van der Waals surface area (Å²) in [4.78, 5) is 12.8. The SMILES string of the molecule is CC(C)N(CC(N)=O)CC(O)COc1cccc(N)c1. The van der Waals surface area contributed by atoms with Crippen molar-refractivity contribution < 1.29 is 14.6 Å². The van der Waals surface area contributed by atoms with Crippen molar-refractivity contribution in [3.8, 4) is 5.75 Å². The van der Waals surface area contributed by atoms with E-state index in [1.165, 1.54) is 0 Å². The van der Waals surface area contributed by atoms with E-state index in [9.17, 15) is 9.90 Å². The smallest absolute Gasteiger partial charge is 0.231 e. The van der Waals surface area contributed by atoms with Crippen molar-refractivity contribution in [2.24, 2.45) is 5.73 Å². The molecule has 0 aliphatic heterocycles. The largest absolute Gasteiger partial charge is 0.491 e. The molecule has 0 heterocycles. The highest BCUT2D eigenvalue weighted by Crippen LogP contribution is 2.14. The molecule has 0 aliphatic rings. The molecule has 5 N–H and O–H groups in total. The number of aliphatic hydroxyl groups excluding tert-OH is 1. The molecule has 0 bridgehead atoms. The molecule has 6 nitrogen and oxygen atoms in total. The van der Waals surface area contributed by atoms with Crippen LogP contribution in [-0.2, 0) is 4.79 Å². The summed E-state index contributed by atoms with van der Waals surface area (Å²) in [6.45, 7) is 4.45. The van der Waals surface area contributed by atoms with Crippen LogP contribution in [0.2, 0.25) is 0 Å². The number of hydrogen-bond donors (Lipinski definition) is 3. The van der Waals surface area contributed by atoms with Gasteiger partial charge in [0.25, 0.3) is 0 Å².